The predicted octanol–water partition coefficient (Wildman–Crippen LogP) is -1.30. The number of aliphatic hydroxyl groups excluding tert-OH is 3. The molecule has 0 spiro atoms. The van der Waals surface area contributed by atoms with Crippen molar-refractivity contribution in [2.45, 2.75) is 12.7 Å². The van der Waals surface area contributed by atoms with Crippen LogP contribution in [0.1, 0.15) is 6.42 Å². The molecule has 4 heteroatoms. The van der Waals surface area contributed by atoms with Crippen molar-refractivity contribution in [1.29, 1.82) is 0 Å². The molecule has 0 aliphatic heterocycles. The van der Waals surface area contributed by atoms with Gasteiger partial charge in [-0.3, -0.25) is 0 Å². The van der Waals surface area contributed by atoms with Gasteiger partial charge >= 0.3 is 0 Å². The van der Waals surface area contributed by atoms with Gasteiger partial charge in [0, 0.05) is 6.61 Å². The largest absolute Gasteiger partial charge is 0.396 e. The summed E-state index contributed by atoms with van der Waals surface area (Å²) in [4.78, 5) is 0. The van der Waals surface area contributed by atoms with Crippen molar-refractivity contribution in [2.24, 2.45) is 0 Å². The molecule has 0 radical (unpaired) electrons. The Labute approximate surface area is 53.7 Å². The monoisotopic (exact) mass is 136 g/mol. The first-order valence-electron chi connectivity index (χ1n) is 2.82. The van der Waals surface area contributed by atoms with Gasteiger partial charge in [-0.25, -0.2) is 0 Å². The molecule has 0 aromatic heterocycles. The number of rotatable bonds is 5. The predicted molar refractivity (Wildman–Crippen MR) is 30.7 cm³/mol. The Morgan fingerprint density at radius 2 is 2.00 bits per heavy atom. The van der Waals surface area contributed by atoms with Crippen LogP contribution in [0.25, 0.3) is 0 Å². The van der Waals surface area contributed by atoms with Crippen LogP contribution < -0.4 is 0 Å². The first kappa shape index (κ1) is 8.84. The van der Waals surface area contributed by atoms with Crippen molar-refractivity contribution in [3.05, 3.63) is 0 Å². The highest BCUT2D eigenvalue weighted by Gasteiger charge is 1.98. The maximum Gasteiger partial charge on any atom is 0.177 e. The van der Waals surface area contributed by atoms with Gasteiger partial charge in [-0.15, -0.1) is 0 Å². The number of hydrogen-bond donors (Lipinski definition) is 3. The smallest absolute Gasteiger partial charge is 0.177 e. The van der Waals surface area contributed by atoms with Crippen LogP contribution in [0.5, 0.6) is 0 Å². The second-order valence-corrected chi connectivity index (χ2v) is 1.59. The highest BCUT2D eigenvalue weighted by molar-refractivity contribution is 4.35. The number of hydrogen-bond acceptors (Lipinski definition) is 4. The van der Waals surface area contributed by atoms with Crippen molar-refractivity contribution < 1.29 is 20.1 Å². The topological polar surface area (TPSA) is 69.9 Å². The molecule has 0 aromatic carbocycles. The SMILES string of the molecule is OCCCOC(O)CO. The van der Waals surface area contributed by atoms with E-state index in [0.717, 1.165) is 0 Å². The second kappa shape index (κ2) is 5.97. The van der Waals surface area contributed by atoms with E-state index in [9.17, 15) is 0 Å². The van der Waals surface area contributed by atoms with E-state index in [2.05, 4.69) is 4.74 Å². The Hall–Kier alpha value is -0.160. The summed E-state index contributed by atoms with van der Waals surface area (Å²) in [5, 5.41) is 25.0. The molecule has 4 nitrogen and oxygen atoms in total. The zero-order chi connectivity index (χ0) is 7.11. The Kier molecular flexibility index (Phi) is 5.86. The van der Waals surface area contributed by atoms with Gasteiger partial charge in [0.1, 0.15) is 0 Å². The molecule has 9 heavy (non-hydrogen) atoms. The lowest BCUT2D eigenvalue weighted by Crippen LogP contribution is -2.17. The van der Waals surface area contributed by atoms with Crippen LogP contribution in [0.2, 0.25) is 0 Å². The molecular weight excluding hydrogens is 124 g/mol. The van der Waals surface area contributed by atoms with E-state index in [0.29, 0.717) is 6.42 Å². The molecule has 0 aliphatic carbocycles. The molecule has 56 valence electrons. The Balaban J connectivity index is 2.88. The summed E-state index contributed by atoms with van der Waals surface area (Å²) in [5.41, 5.74) is 0. The Morgan fingerprint density at radius 3 is 2.44 bits per heavy atom. The summed E-state index contributed by atoms with van der Waals surface area (Å²) in [6, 6.07) is 0. The van der Waals surface area contributed by atoms with Crippen LogP contribution >= 0.6 is 0 Å². The van der Waals surface area contributed by atoms with E-state index >= 15 is 0 Å². The second-order valence-electron chi connectivity index (χ2n) is 1.59. The first-order valence-corrected chi connectivity index (χ1v) is 2.82. The molecule has 0 rings (SSSR count). The summed E-state index contributed by atoms with van der Waals surface area (Å²) in [6.45, 7) is -0.0815. The fourth-order valence-corrected chi connectivity index (χ4v) is 0.337. The average Bonchev–Trinajstić information content (AvgIpc) is 1.89. The number of aliphatic hydroxyl groups is 3. The minimum absolute atomic E-state index is 0.0398. The molecule has 0 amide bonds. The maximum absolute atomic E-state index is 8.53. The lowest BCUT2D eigenvalue weighted by atomic mass is 10.5. The Bertz CT molecular complexity index is 56.9. The highest BCUT2D eigenvalue weighted by atomic mass is 16.6. The van der Waals surface area contributed by atoms with Crippen molar-refractivity contribution in [1.82, 2.24) is 0 Å². The van der Waals surface area contributed by atoms with Gasteiger partial charge in [-0.1, -0.05) is 0 Å². The van der Waals surface area contributed by atoms with Gasteiger partial charge in [-0.2, -0.15) is 0 Å². The summed E-state index contributed by atoms with van der Waals surface area (Å²) in [7, 11) is 0. The van der Waals surface area contributed by atoms with E-state index in [1.165, 1.54) is 0 Å². The molecule has 0 bridgehead atoms. The molecule has 1 atom stereocenters. The van der Waals surface area contributed by atoms with Crippen LogP contribution in [0.3, 0.4) is 0 Å². The fourth-order valence-electron chi connectivity index (χ4n) is 0.337. The standard InChI is InChI=1S/C5H12O4/c6-2-1-3-9-5(8)4-7/h5-8H,1-4H2. The average molecular weight is 136 g/mol. The van der Waals surface area contributed by atoms with E-state index in [-0.39, 0.29) is 13.2 Å². The van der Waals surface area contributed by atoms with Gasteiger partial charge in [0.2, 0.25) is 0 Å². The van der Waals surface area contributed by atoms with Crippen molar-refractivity contribution >= 4 is 0 Å². The molecule has 1 unspecified atom stereocenters. The van der Waals surface area contributed by atoms with E-state index in [1.54, 1.807) is 0 Å². The number of ether oxygens (including phenoxy) is 1. The van der Waals surface area contributed by atoms with Gasteiger partial charge in [-0.05, 0) is 6.42 Å². The third kappa shape index (κ3) is 5.72. The molecule has 0 saturated heterocycles. The van der Waals surface area contributed by atoms with Gasteiger partial charge < -0.3 is 20.1 Å². The van der Waals surface area contributed by atoms with E-state index in [1.807, 2.05) is 0 Å². The van der Waals surface area contributed by atoms with Crippen LogP contribution in [0.4, 0.5) is 0 Å². The van der Waals surface area contributed by atoms with Crippen LogP contribution in [-0.2, 0) is 4.74 Å². The first-order chi connectivity index (χ1) is 4.31. The normalized spacial score (nSPS) is 13.7. The van der Waals surface area contributed by atoms with E-state index < -0.39 is 12.9 Å². The molecule has 0 aromatic rings. The van der Waals surface area contributed by atoms with Crippen molar-refractivity contribution in [2.75, 3.05) is 19.8 Å². The highest BCUT2D eigenvalue weighted by Crippen LogP contribution is 1.86. The summed E-state index contributed by atoms with van der Waals surface area (Å²) >= 11 is 0. The van der Waals surface area contributed by atoms with Crippen LogP contribution in [-0.4, -0.2) is 41.4 Å². The van der Waals surface area contributed by atoms with Crippen LogP contribution in [0, 0.1) is 0 Å². The van der Waals surface area contributed by atoms with Crippen molar-refractivity contribution in [3.63, 3.8) is 0 Å². The lowest BCUT2D eigenvalue weighted by molar-refractivity contribution is -0.126. The van der Waals surface area contributed by atoms with Crippen LogP contribution in [0.15, 0.2) is 0 Å². The van der Waals surface area contributed by atoms with Gasteiger partial charge in [0.15, 0.2) is 6.29 Å². The lowest BCUT2D eigenvalue weighted by Gasteiger charge is -2.06. The van der Waals surface area contributed by atoms with E-state index in [4.69, 9.17) is 15.3 Å². The quantitative estimate of drug-likeness (QED) is 0.324. The third-order valence-corrected chi connectivity index (χ3v) is 0.769. The van der Waals surface area contributed by atoms with Gasteiger partial charge in [0.25, 0.3) is 0 Å². The van der Waals surface area contributed by atoms with Gasteiger partial charge in [0.05, 0.1) is 13.2 Å². The minimum Gasteiger partial charge on any atom is -0.396 e. The molecule has 0 fully saturated rings. The van der Waals surface area contributed by atoms with Crippen molar-refractivity contribution in [3.8, 4) is 0 Å². The summed E-state index contributed by atoms with van der Waals surface area (Å²) < 4.78 is 4.58. The zero-order valence-corrected chi connectivity index (χ0v) is 5.16. The minimum atomic E-state index is -1.10. The molecular formula is C5H12O4. The zero-order valence-electron chi connectivity index (χ0n) is 5.16. The summed E-state index contributed by atoms with van der Waals surface area (Å²) in [5.74, 6) is 0. The maximum atomic E-state index is 8.53. The summed E-state index contributed by atoms with van der Waals surface area (Å²) in [6.07, 6.45) is -0.617. The molecule has 0 saturated carbocycles. The fraction of sp³-hybridized carbons (Fsp3) is 1.00. The third-order valence-electron chi connectivity index (χ3n) is 0.769. The molecule has 3 N–H and O–H groups in total. The molecule has 0 aliphatic rings. The Morgan fingerprint density at radius 1 is 1.33 bits per heavy atom. The molecule has 0 heterocycles.